The predicted octanol–water partition coefficient (Wildman–Crippen LogP) is -0.214. The summed E-state index contributed by atoms with van der Waals surface area (Å²) in [6, 6.07) is 0. The zero-order valence-corrected chi connectivity index (χ0v) is 12.2. The normalized spacial score (nSPS) is 21.0. The molecule has 1 saturated heterocycles. The monoisotopic (exact) mass is 276 g/mol. The molecule has 0 aromatic heterocycles. The van der Waals surface area contributed by atoms with Crippen LogP contribution < -0.4 is 0 Å². The van der Waals surface area contributed by atoms with E-state index in [1.54, 1.807) is 0 Å². The van der Waals surface area contributed by atoms with Gasteiger partial charge in [0.1, 0.15) is 0 Å². The number of ether oxygens (including phenoxy) is 1. The molecule has 0 amide bonds. The van der Waals surface area contributed by atoms with Crippen molar-refractivity contribution in [3.05, 3.63) is 0 Å². The van der Waals surface area contributed by atoms with Gasteiger partial charge in [0.25, 0.3) is 0 Å². The zero-order valence-electron chi connectivity index (χ0n) is 12.2. The molecule has 0 aromatic rings. The number of aliphatic hydroxyl groups is 3. The van der Waals surface area contributed by atoms with Crippen molar-refractivity contribution in [3.63, 3.8) is 0 Å². The molecule has 1 fully saturated rings. The molecule has 1 aliphatic heterocycles. The van der Waals surface area contributed by atoms with Gasteiger partial charge in [0.05, 0.1) is 5.60 Å². The molecule has 0 radical (unpaired) electrons. The van der Waals surface area contributed by atoms with E-state index < -0.39 is 12.7 Å². The van der Waals surface area contributed by atoms with Gasteiger partial charge in [-0.1, -0.05) is 0 Å². The summed E-state index contributed by atoms with van der Waals surface area (Å²) >= 11 is 0. The highest BCUT2D eigenvalue weighted by Gasteiger charge is 2.26. The molecule has 114 valence electrons. The molecule has 1 atom stereocenters. The summed E-state index contributed by atoms with van der Waals surface area (Å²) in [7, 11) is 0. The molecule has 1 heterocycles. The van der Waals surface area contributed by atoms with E-state index in [4.69, 9.17) is 14.9 Å². The Balaban J connectivity index is 2.21. The standard InChI is InChI=1S/C13H28N2O4/c1-13(2,3)19-12(18)15-9-7-14(8-10-15)6-4-5-11(16)17/h11-12,16-18H,4-10H2,1-3H3. The molecule has 0 bridgehead atoms. The average molecular weight is 276 g/mol. The summed E-state index contributed by atoms with van der Waals surface area (Å²) in [6.07, 6.45) is -0.862. The lowest BCUT2D eigenvalue weighted by molar-refractivity contribution is -0.244. The Bertz CT molecular complexity index is 248. The first-order valence-electron chi connectivity index (χ1n) is 6.96. The summed E-state index contributed by atoms with van der Waals surface area (Å²) in [5.41, 5.74) is -0.353. The second-order valence-electron chi connectivity index (χ2n) is 6.06. The minimum Gasteiger partial charge on any atom is -0.368 e. The molecule has 0 aromatic carbocycles. The van der Waals surface area contributed by atoms with Gasteiger partial charge in [-0.3, -0.25) is 4.90 Å². The Labute approximate surface area is 115 Å². The van der Waals surface area contributed by atoms with Gasteiger partial charge in [-0.25, -0.2) is 0 Å². The average Bonchev–Trinajstić information content (AvgIpc) is 2.27. The summed E-state index contributed by atoms with van der Waals surface area (Å²) in [5.74, 6) is 0. The van der Waals surface area contributed by atoms with Crippen molar-refractivity contribution in [1.29, 1.82) is 0 Å². The van der Waals surface area contributed by atoms with E-state index in [-0.39, 0.29) is 5.60 Å². The Morgan fingerprint density at radius 1 is 1.05 bits per heavy atom. The lowest BCUT2D eigenvalue weighted by Gasteiger charge is -2.38. The van der Waals surface area contributed by atoms with E-state index in [0.717, 1.165) is 39.1 Å². The minimum absolute atomic E-state index is 0.353. The highest BCUT2D eigenvalue weighted by atomic mass is 16.6. The third kappa shape index (κ3) is 7.20. The van der Waals surface area contributed by atoms with Gasteiger partial charge in [0.2, 0.25) is 6.41 Å². The molecule has 1 unspecified atom stereocenters. The zero-order chi connectivity index (χ0) is 14.5. The van der Waals surface area contributed by atoms with Crippen molar-refractivity contribution >= 4 is 0 Å². The summed E-state index contributed by atoms with van der Waals surface area (Å²) < 4.78 is 5.52. The number of hydrogen-bond donors (Lipinski definition) is 3. The van der Waals surface area contributed by atoms with Crippen LogP contribution >= 0.6 is 0 Å². The van der Waals surface area contributed by atoms with Crippen molar-refractivity contribution < 1.29 is 20.1 Å². The first-order valence-corrected chi connectivity index (χ1v) is 6.96. The van der Waals surface area contributed by atoms with Crippen LogP contribution in [0, 0.1) is 0 Å². The second kappa shape index (κ2) is 7.52. The number of aliphatic hydroxyl groups excluding tert-OH is 2. The topological polar surface area (TPSA) is 76.4 Å². The van der Waals surface area contributed by atoms with Crippen LogP contribution in [0.3, 0.4) is 0 Å². The molecule has 0 spiro atoms. The molecule has 0 saturated carbocycles. The maximum atomic E-state index is 9.96. The van der Waals surface area contributed by atoms with E-state index in [0.29, 0.717) is 6.42 Å². The molecule has 3 N–H and O–H groups in total. The van der Waals surface area contributed by atoms with Crippen LogP contribution in [0.4, 0.5) is 0 Å². The summed E-state index contributed by atoms with van der Waals surface area (Å²) in [5, 5.41) is 27.5. The third-order valence-electron chi connectivity index (χ3n) is 3.11. The maximum absolute atomic E-state index is 9.96. The summed E-state index contributed by atoms with van der Waals surface area (Å²) in [6.45, 7) is 9.89. The Hall–Kier alpha value is -0.240. The van der Waals surface area contributed by atoms with E-state index in [1.165, 1.54) is 0 Å². The van der Waals surface area contributed by atoms with Gasteiger partial charge in [0.15, 0.2) is 6.29 Å². The van der Waals surface area contributed by atoms with E-state index in [9.17, 15) is 5.11 Å². The van der Waals surface area contributed by atoms with E-state index >= 15 is 0 Å². The molecular weight excluding hydrogens is 248 g/mol. The van der Waals surface area contributed by atoms with Crippen LogP contribution in [0.25, 0.3) is 0 Å². The highest BCUT2D eigenvalue weighted by Crippen LogP contribution is 2.14. The molecule has 1 rings (SSSR count). The predicted molar refractivity (Wildman–Crippen MR) is 72.3 cm³/mol. The number of piperazine rings is 1. The fourth-order valence-corrected chi connectivity index (χ4v) is 2.10. The van der Waals surface area contributed by atoms with Crippen LogP contribution in [0.5, 0.6) is 0 Å². The van der Waals surface area contributed by atoms with Crippen LogP contribution in [-0.2, 0) is 4.74 Å². The second-order valence-corrected chi connectivity index (χ2v) is 6.06. The Kier molecular flexibility index (Phi) is 6.65. The van der Waals surface area contributed by atoms with Crippen molar-refractivity contribution in [2.45, 2.75) is 51.9 Å². The lowest BCUT2D eigenvalue weighted by atomic mass is 10.2. The molecular formula is C13H28N2O4. The van der Waals surface area contributed by atoms with E-state index in [1.807, 2.05) is 25.7 Å². The molecule has 6 nitrogen and oxygen atoms in total. The highest BCUT2D eigenvalue weighted by molar-refractivity contribution is 4.72. The van der Waals surface area contributed by atoms with Gasteiger partial charge < -0.3 is 25.0 Å². The molecule has 6 heteroatoms. The van der Waals surface area contributed by atoms with Crippen molar-refractivity contribution in [2.75, 3.05) is 32.7 Å². The van der Waals surface area contributed by atoms with Gasteiger partial charge in [-0.15, -0.1) is 0 Å². The minimum atomic E-state index is -1.21. The molecule has 19 heavy (non-hydrogen) atoms. The number of rotatable bonds is 6. The van der Waals surface area contributed by atoms with Crippen molar-refractivity contribution in [3.8, 4) is 0 Å². The van der Waals surface area contributed by atoms with Crippen molar-refractivity contribution in [2.24, 2.45) is 0 Å². The summed E-state index contributed by atoms with van der Waals surface area (Å²) in [4.78, 5) is 4.19. The SMILES string of the molecule is CC(C)(C)OC(O)N1CCN(CCCC(O)O)CC1. The van der Waals surface area contributed by atoms with Gasteiger partial charge in [-0.05, 0) is 40.2 Å². The van der Waals surface area contributed by atoms with Gasteiger partial charge >= 0.3 is 0 Å². The van der Waals surface area contributed by atoms with Crippen LogP contribution in [0.1, 0.15) is 33.6 Å². The Morgan fingerprint density at radius 2 is 1.63 bits per heavy atom. The van der Waals surface area contributed by atoms with Gasteiger partial charge in [0, 0.05) is 26.2 Å². The van der Waals surface area contributed by atoms with Gasteiger partial charge in [-0.2, -0.15) is 0 Å². The maximum Gasteiger partial charge on any atom is 0.216 e. The first kappa shape index (κ1) is 16.8. The fourth-order valence-electron chi connectivity index (χ4n) is 2.10. The lowest BCUT2D eigenvalue weighted by Crippen LogP contribution is -2.52. The van der Waals surface area contributed by atoms with Crippen LogP contribution in [0.2, 0.25) is 0 Å². The largest absolute Gasteiger partial charge is 0.368 e. The number of nitrogens with zero attached hydrogens (tertiary/aromatic N) is 2. The molecule has 1 aliphatic rings. The quantitative estimate of drug-likeness (QED) is 0.583. The molecule has 0 aliphatic carbocycles. The van der Waals surface area contributed by atoms with E-state index in [2.05, 4.69) is 4.90 Å². The smallest absolute Gasteiger partial charge is 0.216 e. The van der Waals surface area contributed by atoms with Crippen LogP contribution in [0.15, 0.2) is 0 Å². The van der Waals surface area contributed by atoms with Crippen LogP contribution in [-0.4, -0.2) is 76.1 Å². The first-order chi connectivity index (χ1) is 8.78. The third-order valence-corrected chi connectivity index (χ3v) is 3.11. The fraction of sp³-hybridized carbons (Fsp3) is 1.00. The number of hydrogen-bond acceptors (Lipinski definition) is 6. The van der Waals surface area contributed by atoms with Crippen molar-refractivity contribution in [1.82, 2.24) is 9.80 Å². The Morgan fingerprint density at radius 3 is 2.11 bits per heavy atom.